The summed E-state index contributed by atoms with van der Waals surface area (Å²) in [5.41, 5.74) is 8.39. The van der Waals surface area contributed by atoms with Crippen LogP contribution in [0.15, 0.2) is 303 Å². The fraction of sp³-hybridized carbons (Fsp3) is 0. The summed E-state index contributed by atoms with van der Waals surface area (Å²) < 4.78 is 36.5. The Hall–Kier alpha value is -11.1. The molecule has 0 N–H and O–H groups in total. The van der Waals surface area contributed by atoms with E-state index in [1.165, 1.54) is 16.2 Å². The van der Waals surface area contributed by atoms with Crippen molar-refractivity contribution in [2.45, 2.75) is 0 Å². The number of imidazole rings is 2. The molecule has 19 rings (SSSR count). The Bertz CT molecular complexity index is 6250. The summed E-state index contributed by atoms with van der Waals surface area (Å²) in [6.45, 7) is 0. The molecule has 0 saturated heterocycles. The molecular weight excluding hydrogens is 1140 g/mol. The summed E-state index contributed by atoms with van der Waals surface area (Å²) in [4.78, 5) is 20.1. The van der Waals surface area contributed by atoms with Crippen molar-refractivity contribution in [1.29, 1.82) is 0 Å². The predicted molar refractivity (Wildman–Crippen MR) is 377 cm³/mol. The van der Waals surface area contributed by atoms with Gasteiger partial charge in [-0.3, -0.25) is 8.80 Å². The van der Waals surface area contributed by atoms with Crippen molar-refractivity contribution in [1.82, 2.24) is 28.7 Å². The van der Waals surface area contributed by atoms with Crippen molar-refractivity contribution in [3.05, 3.63) is 303 Å². The lowest BCUT2D eigenvalue weighted by Crippen LogP contribution is -2.30. The van der Waals surface area contributed by atoms with Crippen molar-refractivity contribution < 1.29 is 9.13 Å². The lowest BCUT2D eigenvalue weighted by molar-refractivity contribution is 0.591. The van der Waals surface area contributed by atoms with Crippen LogP contribution in [0.25, 0.3) is 131 Å². The molecule has 14 aromatic carbocycles. The molecule has 10 heteroatoms. The molecule has 90 heavy (non-hydrogen) atoms. The maximum atomic E-state index is 16.1. The predicted octanol–water partition coefficient (Wildman–Crippen LogP) is 17.4. The number of hydrogen-bond donors (Lipinski definition) is 0. The Labute approximate surface area is 515 Å². The average Bonchev–Trinajstić information content (AvgIpc) is 1.46. The van der Waals surface area contributed by atoms with E-state index in [9.17, 15) is 0 Å². The summed E-state index contributed by atoms with van der Waals surface area (Å²) in [5, 5.41) is 20.4. The first-order valence-electron chi connectivity index (χ1n) is 30.1. The zero-order chi connectivity index (χ0) is 59.7. The van der Waals surface area contributed by atoms with Gasteiger partial charge in [-0.2, -0.15) is 0 Å². The monoisotopic (exact) mass is 1190 g/mol. The molecule has 0 aliphatic rings. The van der Waals surface area contributed by atoms with Crippen LogP contribution < -0.4 is 32.1 Å². The van der Waals surface area contributed by atoms with Crippen molar-refractivity contribution >= 4 is 177 Å². The van der Waals surface area contributed by atoms with Crippen molar-refractivity contribution in [2.75, 3.05) is 0 Å². The average molecular weight is 1190 g/mol. The van der Waals surface area contributed by atoms with E-state index in [1.807, 2.05) is 121 Å². The molecule has 5 aromatic heterocycles. The Morgan fingerprint density at radius 1 is 0.267 bits per heavy atom. The molecule has 0 aliphatic carbocycles. The van der Waals surface area contributed by atoms with Gasteiger partial charge in [0.2, 0.25) is 7.14 Å². The molecule has 0 fully saturated rings. The maximum Gasteiger partial charge on any atom is 0.208 e. The highest BCUT2D eigenvalue weighted by Crippen LogP contribution is 2.47. The van der Waals surface area contributed by atoms with Crippen molar-refractivity contribution in [2.24, 2.45) is 0 Å². The van der Waals surface area contributed by atoms with Crippen molar-refractivity contribution in [3.8, 4) is 0 Å². The van der Waals surface area contributed by atoms with Crippen LogP contribution in [0.3, 0.4) is 0 Å². The third-order valence-electron chi connectivity index (χ3n) is 18.2. The first-order valence-corrected chi connectivity index (χ1v) is 33.6. The second kappa shape index (κ2) is 20.2. The van der Waals surface area contributed by atoms with Gasteiger partial charge in [-0.05, 0) is 91.6 Å². The lowest BCUT2D eigenvalue weighted by atomic mass is 10.0. The minimum Gasteiger partial charge on any atom is -0.309 e. The molecule has 8 nitrogen and oxygen atoms in total. The normalized spacial score (nSPS) is 12.8. The van der Waals surface area contributed by atoms with Crippen LogP contribution in [-0.2, 0) is 9.13 Å². The summed E-state index contributed by atoms with van der Waals surface area (Å²) >= 11 is 0. The van der Waals surface area contributed by atoms with Gasteiger partial charge >= 0.3 is 0 Å². The largest absolute Gasteiger partial charge is 0.309 e. The van der Waals surface area contributed by atoms with Crippen LogP contribution in [0, 0.1) is 0 Å². The van der Waals surface area contributed by atoms with Gasteiger partial charge in [0.15, 0.2) is 12.7 Å². The number of para-hydroxylation sites is 2. The van der Waals surface area contributed by atoms with E-state index in [1.54, 1.807) is 6.20 Å². The van der Waals surface area contributed by atoms with E-state index in [-0.39, 0.29) is 0 Å². The quantitative estimate of drug-likeness (QED) is 0.122. The van der Waals surface area contributed by atoms with Crippen LogP contribution >= 0.6 is 14.3 Å². The maximum absolute atomic E-state index is 16.1. The van der Waals surface area contributed by atoms with E-state index in [0.29, 0.717) is 16.2 Å². The minimum atomic E-state index is -3.58. The molecule has 0 saturated carbocycles. The topological polar surface area (TPSA) is 94.5 Å². The molecule has 1 unspecified atom stereocenters. The van der Waals surface area contributed by atoms with Gasteiger partial charge in [-0.1, -0.05) is 249 Å². The first-order chi connectivity index (χ1) is 44.4. The molecular formula is C80H50N6O2P2. The van der Waals surface area contributed by atoms with Crippen LogP contribution in [0.4, 0.5) is 0 Å². The molecule has 5 heterocycles. The molecule has 19 aromatic rings. The fourth-order valence-corrected chi connectivity index (χ4v) is 19.3. The van der Waals surface area contributed by atoms with Crippen LogP contribution in [0.2, 0.25) is 0 Å². The Morgan fingerprint density at radius 3 is 1.34 bits per heavy atom. The van der Waals surface area contributed by atoms with Gasteiger partial charge < -0.3 is 9.13 Å². The van der Waals surface area contributed by atoms with Gasteiger partial charge in [0.05, 0.1) is 38.6 Å². The Kier molecular flexibility index (Phi) is 11.7. The van der Waals surface area contributed by atoms with Gasteiger partial charge in [0, 0.05) is 70.4 Å². The molecule has 0 radical (unpaired) electrons. The number of benzene rings is 14. The number of pyridine rings is 2. The van der Waals surface area contributed by atoms with E-state index in [2.05, 4.69) is 185 Å². The zero-order valence-corrected chi connectivity index (χ0v) is 50.1. The summed E-state index contributed by atoms with van der Waals surface area (Å²) in [6, 6.07) is 101. The lowest BCUT2D eigenvalue weighted by Gasteiger charge is -2.21. The molecule has 0 amide bonds. The number of nitrogens with zero attached hydrogens (tertiary/aromatic N) is 6. The standard InChI is InChI=1S/C43H27N2OP.C37H23N4OP/c46-47(33-20-17-28-9-1-3-12-31(28)25-33,34-21-18-29-10-2-4-13-32(29)26-34)35-22-24-40-41(27-35)45-42-36-14-6-5-11-30(36)19-23-38(42)37-15-7-8-16-39(37)43(45)44-40;42-43(26-13-2-1-3-14-26,37-38-23-25-12-5-9-18-31(25)40-37)33-20-10-19-32-35(33)41-34-27-15-6-4-11-24(27)21-22-29(34)28-16-7-8-17-30(28)36(41)39-32/h1-27H;1-23H. The second-order valence-electron chi connectivity index (χ2n) is 23.2. The minimum absolute atomic E-state index is 0.315. The molecule has 1 atom stereocenters. The Morgan fingerprint density at radius 2 is 0.722 bits per heavy atom. The van der Waals surface area contributed by atoms with E-state index in [0.717, 1.165) is 130 Å². The van der Waals surface area contributed by atoms with Gasteiger partial charge in [-0.25, -0.2) is 19.9 Å². The number of aromatic nitrogens is 6. The number of rotatable bonds is 6. The van der Waals surface area contributed by atoms with E-state index >= 15 is 9.13 Å². The number of hydrogen-bond acceptors (Lipinski definition) is 6. The van der Waals surface area contributed by atoms with Crippen LogP contribution in [0.1, 0.15) is 0 Å². The molecule has 0 spiro atoms. The van der Waals surface area contributed by atoms with Crippen LogP contribution in [-0.4, -0.2) is 28.7 Å². The van der Waals surface area contributed by atoms with Gasteiger partial charge in [0.1, 0.15) is 11.3 Å². The molecule has 0 bridgehead atoms. The van der Waals surface area contributed by atoms with E-state index < -0.39 is 14.3 Å². The summed E-state index contributed by atoms with van der Waals surface area (Å²) in [7, 11) is -6.92. The number of fused-ring (bicyclic) bond motifs is 23. The second-order valence-corrected chi connectivity index (χ2v) is 28.5. The summed E-state index contributed by atoms with van der Waals surface area (Å²) in [5.74, 6) is 0. The SMILES string of the molecule is O=P(c1ccc2ccccc2c1)(c1ccc2ccccc2c1)c1ccc2nc3c4ccccc4c4ccc5ccccc5c4n3c2c1.O=P(c1ccccc1)(c1ncc2ccccc2n1)c1cccc2nc3c4ccccc4c4ccc5ccccc5c4n3c12. The van der Waals surface area contributed by atoms with E-state index in [4.69, 9.17) is 19.9 Å². The van der Waals surface area contributed by atoms with Gasteiger partial charge in [-0.15, -0.1) is 0 Å². The fourth-order valence-electron chi connectivity index (χ4n) is 14.0. The third kappa shape index (κ3) is 7.82. The molecule has 422 valence electrons. The smallest absolute Gasteiger partial charge is 0.208 e. The third-order valence-corrected chi connectivity index (χ3v) is 24.1. The highest BCUT2D eigenvalue weighted by molar-refractivity contribution is 7.85. The van der Waals surface area contributed by atoms with Crippen LogP contribution in [0.5, 0.6) is 0 Å². The first kappa shape index (κ1) is 52.0. The molecule has 0 aliphatic heterocycles. The van der Waals surface area contributed by atoms with Gasteiger partial charge in [0.25, 0.3) is 0 Å². The van der Waals surface area contributed by atoms with Crippen molar-refractivity contribution in [3.63, 3.8) is 0 Å². The highest BCUT2D eigenvalue weighted by Gasteiger charge is 2.37. The highest BCUT2D eigenvalue weighted by atomic mass is 31.2. The Balaban J connectivity index is 0.000000134. The summed E-state index contributed by atoms with van der Waals surface area (Å²) in [6.07, 6.45) is 1.78. The zero-order valence-electron chi connectivity index (χ0n) is 48.3.